The molecule has 0 aromatic heterocycles. The molecule has 14 heavy (non-hydrogen) atoms. The Bertz CT molecular complexity index is 278. The largest absolute Gasteiger partial charge is 0.444 e. The maximum absolute atomic E-state index is 11.2. The van der Waals surface area contributed by atoms with Crippen molar-refractivity contribution in [2.45, 2.75) is 26.4 Å². The van der Waals surface area contributed by atoms with Crippen molar-refractivity contribution in [3.05, 3.63) is 11.9 Å². The van der Waals surface area contributed by atoms with E-state index in [0.717, 1.165) is 5.70 Å². The molecule has 0 aromatic rings. The third-order valence-electron chi connectivity index (χ3n) is 1.33. The molecule has 0 saturated carbocycles. The molecule has 0 aliphatic carbocycles. The summed E-state index contributed by atoms with van der Waals surface area (Å²) in [6, 6.07) is 0. The van der Waals surface area contributed by atoms with Crippen molar-refractivity contribution in [3.63, 3.8) is 0 Å². The Hall–Kier alpha value is -1.43. The van der Waals surface area contributed by atoms with Crippen molar-refractivity contribution >= 4 is 6.09 Å². The monoisotopic (exact) mass is 199 g/mol. The Kier molecular flexibility index (Phi) is 3.19. The molecule has 0 unspecified atom stereocenters. The predicted octanol–water partition coefficient (Wildman–Crippen LogP) is 0.297. The molecule has 1 aliphatic heterocycles. The summed E-state index contributed by atoms with van der Waals surface area (Å²) in [5.74, 6) is 0. The van der Waals surface area contributed by atoms with Crippen molar-refractivity contribution in [1.82, 2.24) is 5.32 Å². The maximum Gasteiger partial charge on any atom is 0.407 e. The zero-order valence-electron chi connectivity index (χ0n) is 8.57. The summed E-state index contributed by atoms with van der Waals surface area (Å²) in [6.07, 6.45) is 1.29. The van der Waals surface area contributed by atoms with E-state index in [4.69, 9.17) is 4.74 Å². The van der Waals surface area contributed by atoms with Gasteiger partial charge < -0.3 is 10.1 Å². The number of hydrogen-bond acceptors (Lipinski definition) is 4. The summed E-state index contributed by atoms with van der Waals surface area (Å²) in [7, 11) is 0. The number of carbonyl (C=O) groups is 1. The Morgan fingerprint density at radius 3 is 2.86 bits per heavy atom. The molecule has 0 bridgehead atoms. The summed E-state index contributed by atoms with van der Waals surface area (Å²) in [5.41, 5.74) is 1.82. The number of nitrogens with zero attached hydrogens (tertiary/aromatic N) is 2. The highest BCUT2D eigenvalue weighted by Gasteiger charge is 2.16. The van der Waals surface area contributed by atoms with Gasteiger partial charge in [-0.2, -0.15) is 5.43 Å². The lowest BCUT2D eigenvalue weighted by atomic mass is 10.2. The Balaban J connectivity index is 2.25. The second kappa shape index (κ2) is 4.19. The van der Waals surface area contributed by atoms with Gasteiger partial charge in [-0.1, -0.05) is 5.11 Å². The molecule has 0 fully saturated rings. The molecule has 0 aromatic carbocycles. The van der Waals surface area contributed by atoms with Crippen LogP contribution < -0.4 is 10.7 Å². The average molecular weight is 199 g/mol. The normalized spacial score (nSPS) is 15.2. The number of quaternary nitrogens is 1. The quantitative estimate of drug-likeness (QED) is 0.627. The fraction of sp³-hybridized carbons (Fsp3) is 0.625. The molecule has 0 radical (unpaired) electrons. The maximum atomic E-state index is 11.2. The molecule has 0 atom stereocenters. The number of nitrogens with two attached hydrogens (primary N) is 1. The van der Waals surface area contributed by atoms with Gasteiger partial charge in [0, 0.05) is 5.22 Å². The fourth-order valence-electron chi connectivity index (χ4n) is 0.831. The summed E-state index contributed by atoms with van der Waals surface area (Å²) in [6.45, 7) is 5.79. The number of carbonyl (C=O) groups excluding carboxylic acids is 1. The minimum atomic E-state index is -0.470. The van der Waals surface area contributed by atoms with E-state index >= 15 is 0 Å². The summed E-state index contributed by atoms with van der Waals surface area (Å²) >= 11 is 0. The highest BCUT2D eigenvalue weighted by Crippen LogP contribution is 2.06. The van der Waals surface area contributed by atoms with Crippen LogP contribution in [0.5, 0.6) is 0 Å². The summed E-state index contributed by atoms with van der Waals surface area (Å²) < 4.78 is 5.04. The van der Waals surface area contributed by atoms with Gasteiger partial charge in [-0.3, -0.25) is 0 Å². The van der Waals surface area contributed by atoms with Crippen molar-refractivity contribution in [2.75, 3.05) is 6.54 Å². The van der Waals surface area contributed by atoms with Gasteiger partial charge in [-0.15, -0.1) is 0 Å². The molecule has 6 nitrogen and oxygen atoms in total. The van der Waals surface area contributed by atoms with Crippen LogP contribution in [0.4, 0.5) is 4.79 Å². The second-order valence-electron chi connectivity index (χ2n) is 3.88. The number of alkyl carbamates (subject to hydrolysis) is 1. The number of hydrogen-bond donors (Lipinski definition) is 2. The first-order chi connectivity index (χ1) is 6.47. The zero-order chi connectivity index (χ0) is 10.6. The van der Waals surface area contributed by atoms with E-state index in [1.807, 2.05) is 20.8 Å². The lowest BCUT2D eigenvalue weighted by Gasteiger charge is -2.19. The van der Waals surface area contributed by atoms with Crippen LogP contribution in [-0.4, -0.2) is 18.2 Å². The molecule has 0 saturated heterocycles. The van der Waals surface area contributed by atoms with E-state index in [1.165, 1.54) is 0 Å². The summed E-state index contributed by atoms with van der Waals surface area (Å²) in [4.78, 5) is 11.2. The van der Waals surface area contributed by atoms with E-state index in [-0.39, 0.29) is 0 Å². The molecule has 78 valence electrons. The van der Waals surface area contributed by atoms with Gasteiger partial charge in [0.15, 0.2) is 0 Å². The van der Waals surface area contributed by atoms with E-state index in [1.54, 1.807) is 11.6 Å². The lowest BCUT2D eigenvalue weighted by Crippen LogP contribution is -2.69. The van der Waals surface area contributed by atoms with Crippen LogP contribution in [0.25, 0.3) is 0 Å². The minimum Gasteiger partial charge on any atom is -0.444 e. The zero-order valence-corrected chi connectivity index (χ0v) is 8.57. The molecule has 6 heteroatoms. The highest BCUT2D eigenvalue weighted by molar-refractivity contribution is 5.67. The van der Waals surface area contributed by atoms with Crippen LogP contribution in [0, 0.1) is 0 Å². The van der Waals surface area contributed by atoms with Crippen LogP contribution in [0.1, 0.15) is 20.8 Å². The first-order valence-electron chi connectivity index (χ1n) is 4.37. The SMILES string of the molecule is CC(C)(C)OC(=O)NCC1=C[NH2+]N=N1. The predicted molar refractivity (Wildman–Crippen MR) is 49.1 cm³/mol. The van der Waals surface area contributed by atoms with Gasteiger partial charge in [0.25, 0.3) is 0 Å². The highest BCUT2D eigenvalue weighted by atomic mass is 16.6. The van der Waals surface area contributed by atoms with Gasteiger partial charge in [-0.05, 0) is 20.8 Å². The fourth-order valence-corrected chi connectivity index (χ4v) is 0.831. The van der Waals surface area contributed by atoms with Crippen LogP contribution in [-0.2, 0) is 4.74 Å². The van der Waals surface area contributed by atoms with Gasteiger partial charge in [0.05, 0.1) is 6.54 Å². The first-order valence-corrected chi connectivity index (χ1v) is 4.37. The van der Waals surface area contributed by atoms with Crippen LogP contribution in [0.2, 0.25) is 0 Å². The van der Waals surface area contributed by atoms with E-state index in [9.17, 15) is 4.79 Å². The number of amides is 1. The van der Waals surface area contributed by atoms with Gasteiger partial charge in [0.1, 0.15) is 17.5 Å². The topological polar surface area (TPSA) is 79.7 Å². The van der Waals surface area contributed by atoms with Crippen LogP contribution in [0.15, 0.2) is 22.2 Å². The Morgan fingerprint density at radius 1 is 1.64 bits per heavy atom. The number of rotatable bonds is 2. The molecular formula is C8H15N4O2+. The summed E-state index contributed by atoms with van der Waals surface area (Å²) in [5, 5.41) is 9.97. The van der Waals surface area contributed by atoms with Crippen molar-refractivity contribution in [3.8, 4) is 0 Å². The van der Waals surface area contributed by atoms with Gasteiger partial charge >= 0.3 is 6.09 Å². The average Bonchev–Trinajstić information content (AvgIpc) is 2.49. The van der Waals surface area contributed by atoms with E-state index < -0.39 is 11.7 Å². The molecule has 1 aliphatic rings. The second-order valence-corrected chi connectivity index (χ2v) is 3.88. The van der Waals surface area contributed by atoms with Gasteiger partial charge in [0.2, 0.25) is 0 Å². The number of ether oxygens (including phenoxy) is 1. The van der Waals surface area contributed by atoms with Crippen LogP contribution >= 0.6 is 0 Å². The van der Waals surface area contributed by atoms with E-state index in [2.05, 4.69) is 15.7 Å². The van der Waals surface area contributed by atoms with Gasteiger partial charge in [-0.25, -0.2) is 4.79 Å². The Morgan fingerprint density at radius 2 is 2.36 bits per heavy atom. The van der Waals surface area contributed by atoms with E-state index in [0.29, 0.717) is 6.54 Å². The van der Waals surface area contributed by atoms with Crippen molar-refractivity contribution < 1.29 is 15.0 Å². The molecule has 1 rings (SSSR count). The first kappa shape index (κ1) is 10.6. The third kappa shape index (κ3) is 3.99. The van der Waals surface area contributed by atoms with Crippen molar-refractivity contribution in [1.29, 1.82) is 0 Å². The van der Waals surface area contributed by atoms with Crippen LogP contribution in [0.3, 0.4) is 0 Å². The lowest BCUT2D eigenvalue weighted by molar-refractivity contribution is -0.595. The Labute approximate surface area is 82.4 Å². The number of nitrogens with one attached hydrogen (secondary N) is 1. The smallest absolute Gasteiger partial charge is 0.407 e. The third-order valence-corrected chi connectivity index (χ3v) is 1.33. The molecule has 3 N–H and O–H groups in total. The molecule has 1 amide bonds. The molecular weight excluding hydrogens is 184 g/mol. The minimum absolute atomic E-state index is 0.342. The molecule has 0 spiro atoms. The molecule has 1 heterocycles. The van der Waals surface area contributed by atoms with Crippen molar-refractivity contribution in [2.24, 2.45) is 10.3 Å². The standard InChI is InChI=1S/C8H14N4O2/c1-8(2,3)14-7(13)9-4-6-5-10-12-11-6/h5H,4H2,1-3H3,(H,9,13)(H,10,11,12)/p+1.